The summed E-state index contributed by atoms with van der Waals surface area (Å²) in [5.41, 5.74) is 6.74. The standard InChI is InChI=1S/C15H16N2O4/c1-20-10-4-6-14(21-2)11(8-10)15(19)17-13-5-3-9(18)7-12(13)16/h3-8,18H,16H2,1-2H3,(H,17,19). The van der Waals surface area contributed by atoms with E-state index in [9.17, 15) is 9.90 Å². The number of nitrogens with two attached hydrogens (primary N) is 1. The molecule has 0 bridgehead atoms. The monoisotopic (exact) mass is 288 g/mol. The summed E-state index contributed by atoms with van der Waals surface area (Å²) in [7, 11) is 3.00. The number of rotatable bonds is 4. The van der Waals surface area contributed by atoms with Gasteiger partial charge in [-0.2, -0.15) is 0 Å². The Morgan fingerprint density at radius 2 is 1.90 bits per heavy atom. The van der Waals surface area contributed by atoms with Gasteiger partial charge in [0.2, 0.25) is 0 Å². The lowest BCUT2D eigenvalue weighted by Gasteiger charge is -2.12. The van der Waals surface area contributed by atoms with Crippen LogP contribution in [0.5, 0.6) is 17.2 Å². The molecule has 6 nitrogen and oxygen atoms in total. The minimum Gasteiger partial charge on any atom is -0.508 e. The molecule has 0 heterocycles. The summed E-state index contributed by atoms with van der Waals surface area (Å²) in [4.78, 5) is 12.3. The molecule has 1 amide bonds. The zero-order valence-electron chi connectivity index (χ0n) is 11.7. The van der Waals surface area contributed by atoms with Gasteiger partial charge in [0.05, 0.1) is 31.2 Å². The van der Waals surface area contributed by atoms with Gasteiger partial charge >= 0.3 is 0 Å². The number of nitrogens with one attached hydrogen (secondary N) is 1. The second-order valence-electron chi connectivity index (χ2n) is 4.29. The Morgan fingerprint density at radius 3 is 2.52 bits per heavy atom. The summed E-state index contributed by atoms with van der Waals surface area (Å²) in [5, 5.41) is 12.0. The van der Waals surface area contributed by atoms with E-state index in [1.165, 1.54) is 32.4 Å². The van der Waals surface area contributed by atoms with E-state index in [2.05, 4.69) is 5.32 Å². The zero-order valence-corrected chi connectivity index (χ0v) is 11.7. The second-order valence-corrected chi connectivity index (χ2v) is 4.29. The van der Waals surface area contributed by atoms with Crippen LogP contribution in [0.25, 0.3) is 0 Å². The quantitative estimate of drug-likeness (QED) is 0.592. The number of carbonyl (C=O) groups excluding carboxylic acids is 1. The van der Waals surface area contributed by atoms with Crippen molar-refractivity contribution in [2.24, 2.45) is 0 Å². The van der Waals surface area contributed by atoms with Crippen molar-refractivity contribution in [3.63, 3.8) is 0 Å². The lowest BCUT2D eigenvalue weighted by molar-refractivity contribution is 0.102. The Balaban J connectivity index is 2.31. The van der Waals surface area contributed by atoms with Gasteiger partial charge in [-0.3, -0.25) is 4.79 Å². The van der Waals surface area contributed by atoms with Crippen molar-refractivity contribution in [2.45, 2.75) is 0 Å². The van der Waals surface area contributed by atoms with Gasteiger partial charge in [-0.15, -0.1) is 0 Å². The average molecular weight is 288 g/mol. The van der Waals surface area contributed by atoms with Gasteiger partial charge in [-0.05, 0) is 30.3 Å². The summed E-state index contributed by atoms with van der Waals surface area (Å²) in [5.74, 6) is 0.609. The van der Waals surface area contributed by atoms with Crippen LogP contribution < -0.4 is 20.5 Å². The Bertz CT molecular complexity index is 671. The van der Waals surface area contributed by atoms with Gasteiger partial charge in [0.1, 0.15) is 17.2 Å². The maximum Gasteiger partial charge on any atom is 0.259 e. The maximum absolute atomic E-state index is 12.3. The van der Waals surface area contributed by atoms with E-state index in [0.29, 0.717) is 22.7 Å². The summed E-state index contributed by atoms with van der Waals surface area (Å²) in [6, 6.07) is 9.24. The minimum absolute atomic E-state index is 0.0319. The lowest BCUT2D eigenvalue weighted by Crippen LogP contribution is -2.14. The van der Waals surface area contributed by atoms with Crippen molar-refractivity contribution >= 4 is 17.3 Å². The van der Waals surface area contributed by atoms with E-state index in [4.69, 9.17) is 15.2 Å². The van der Waals surface area contributed by atoms with Crippen molar-refractivity contribution in [3.05, 3.63) is 42.0 Å². The van der Waals surface area contributed by atoms with Crippen molar-refractivity contribution in [1.82, 2.24) is 0 Å². The number of aromatic hydroxyl groups is 1. The fourth-order valence-electron chi connectivity index (χ4n) is 1.85. The zero-order chi connectivity index (χ0) is 15.4. The number of phenolic OH excluding ortho intramolecular Hbond substituents is 1. The molecular weight excluding hydrogens is 272 g/mol. The summed E-state index contributed by atoms with van der Waals surface area (Å²) >= 11 is 0. The molecule has 0 aromatic heterocycles. The summed E-state index contributed by atoms with van der Waals surface area (Å²) in [6.07, 6.45) is 0. The molecule has 4 N–H and O–H groups in total. The first-order chi connectivity index (χ1) is 10.0. The van der Waals surface area contributed by atoms with Crippen LogP contribution in [0.3, 0.4) is 0 Å². The molecule has 2 aromatic rings. The normalized spacial score (nSPS) is 10.0. The van der Waals surface area contributed by atoms with Crippen molar-refractivity contribution in [3.8, 4) is 17.2 Å². The molecular formula is C15H16N2O4. The Kier molecular flexibility index (Phi) is 4.18. The van der Waals surface area contributed by atoms with Gasteiger partial charge < -0.3 is 25.6 Å². The molecule has 21 heavy (non-hydrogen) atoms. The second kappa shape index (κ2) is 6.04. The topological polar surface area (TPSA) is 93.8 Å². The molecule has 0 unspecified atom stereocenters. The Labute approximate surface area is 122 Å². The third kappa shape index (κ3) is 3.17. The van der Waals surface area contributed by atoms with Crippen LogP contribution in [0.2, 0.25) is 0 Å². The minimum atomic E-state index is -0.386. The maximum atomic E-state index is 12.3. The van der Waals surface area contributed by atoms with Crippen LogP contribution in [0.1, 0.15) is 10.4 Å². The van der Waals surface area contributed by atoms with Gasteiger partial charge in [-0.1, -0.05) is 0 Å². The van der Waals surface area contributed by atoms with E-state index < -0.39 is 0 Å². The number of carbonyl (C=O) groups is 1. The summed E-state index contributed by atoms with van der Waals surface area (Å²) < 4.78 is 10.3. The van der Waals surface area contributed by atoms with Crippen molar-refractivity contribution in [1.29, 1.82) is 0 Å². The fraction of sp³-hybridized carbons (Fsp3) is 0.133. The largest absolute Gasteiger partial charge is 0.508 e. The highest BCUT2D eigenvalue weighted by Crippen LogP contribution is 2.27. The van der Waals surface area contributed by atoms with Crippen LogP contribution in [0.15, 0.2) is 36.4 Å². The fourth-order valence-corrected chi connectivity index (χ4v) is 1.85. The molecule has 0 fully saturated rings. The van der Waals surface area contributed by atoms with Crippen LogP contribution in [-0.2, 0) is 0 Å². The molecule has 0 aliphatic rings. The molecule has 110 valence electrons. The van der Waals surface area contributed by atoms with Gasteiger partial charge in [-0.25, -0.2) is 0 Å². The van der Waals surface area contributed by atoms with Crippen molar-refractivity contribution in [2.75, 3.05) is 25.3 Å². The van der Waals surface area contributed by atoms with E-state index in [1.807, 2.05) is 0 Å². The predicted molar refractivity (Wildman–Crippen MR) is 80.0 cm³/mol. The number of ether oxygens (including phenoxy) is 2. The van der Waals surface area contributed by atoms with Crippen molar-refractivity contribution < 1.29 is 19.4 Å². The predicted octanol–water partition coefficient (Wildman–Crippen LogP) is 2.24. The van der Waals surface area contributed by atoms with E-state index in [1.54, 1.807) is 18.2 Å². The number of amides is 1. The number of hydrogen-bond donors (Lipinski definition) is 3. The number of methoxy groups -OCH3 is 2. The number of nitrogen functional groups attached to an aromatic ring is 1. The number of benzene rings is 2. The highest BCUT2D eigenvalue weighted by molar-refractivity contribution is 6.07. The molecule has 0 radical (unpaired) electrons. The average Bonchev–Trinajstić information content (AvgIpc) is 2.49. The lowest BCUT2D eigenvalue weighted by atomic mass is 10.1. The van der Waals surface area contributed by atoms with Crippen LogP contribution >= 0.6 is 0 Å². The molecule has 0 atom stereocenters. The number of hydrogen-bond acceptors (Lipinski definition) is 5. The number of phenols is 1. The summed E-state index contributed by atoms with van der Waals surface area (Å²) in [6.45, 7) is 0. The van der Waals surface area contributed by atoms with Gasteiger partial charge in [0, 0.05) is 6.07 Å². The van der Waals surface area contributed by atoms with Crippen LogP contribution in [-0.4, -0.2) is 25.2 Å². The molecule has 2 rings (SSSR count). The first-order valence-electron chi connectivity index (χ1n) is 6.17. The van der Waals surface area contributed by atoms with E-state index in [0.717, 1.165) is 0 Å². The van der Waals surface area contributed by atoms with Gasteiger partial charge in [0.15, 0.2) is 0 Å². The molecule has 6 heteroatoms. The Morgan fingerprint density at radius 1 is 1.14 bits per heavy atom. The molecule has 0 aliphatic carbocycles. The molecule has 0 saturated carbocycles. The molecule has 2 aromatic carbocycles. The highest BCUT2D eigenvalue weighted by atomic mass is 16.5. The SMILES string of the molecule is COc1ccc(OC)c(C(=O)Nc2ccc(O)cc2N)c1. The van der Waals surface area contributed by atoms with Crippen LogP contribution in [0, 0.1) is 0 Å². The van der Waals surface area contributed by atoms with Gasteiger partial charge in [0.25, 0.3) is 5.91 Å². The third-order valence-corrected chi connectivity index (χ3v) is 2.93. The smallest absolute Gasteiger partial charge is 0.259 e. The Hall–Kier alpha value is -2.89. The van der Waals surface area contributed by atoms with E-state index >= 15 is 0 Å². The molecule has 0 saturated heterocycles. The molecule has 0 aliphatic heterocycles. The van der Waals surface area contributed by atoms with Crippen LogP contribution in [0.4, 0.5) is 11.4 Å². The first-order valence-corrected chi connectivity index (χ1v) is 6.17. The highest BCUT2D eigenvalue weighted by Gasteiger charge is 2.15. The number of anilines is 2. The molecule has 0 spiro atoms. The first kappa shape index (κ1) is 14.5. The third-order valence-electron chi connectivity index (χ3n) is 2.93. The van der Waals surface area contributed by atoms with E-state index in [-0.39, 0.29) is 17.3 Å².